The number of hydrogen-bond donors (Lipinski definition) is 2. The monoisotopic (exact) mass is 334 g/mol. The Hall–Kier alpha value is -1.19. The van der Waals surface area contributed by atoms with Crippen LogP contribution in [0.5, 0.6) is 0 Å². The van der Waals surface area contributed by atoms with E-state index in [2.05, 4.69) is 4.72 Å². The highest BCUT2D eigenvalue weighted by molar-refractivity contribution is 7.89. The van der Waals surface area contributed by atoms with E-state index in [-0.39, 0.29) is 28.4 Å². The summed E-state index contributed by atoms with van der Waals surface area (Å²) in [6, 6.07) is 1.23. The molecule has 21 heavy (non-hydrogen) atoms. The standard InChI is InChI=1S/C12H18N2O5S2/c1-8(20(2)17)6-13-21(18,19)10-5-11(12(15)16)14(7-10)9-3-4-9/h5,7-9,13H,3-4,6H2,1-2H3,(H,15,16). The first-order valence-electron chi connectivity index (χ1n) is 6.49. The molecule has 0 spiro atoms. The van der Waals surface area contributed by atoms with Gasteiger partial charge in [0.25, 0.3) is 0 Å². The minimum atomic E-state index is -3.80. The SMILES string of the molecule is CC(CNS(=O)(=O)c1cc(C(=O)O)n(C2CC2)c1)S(C)=O. The molecule has 2 rings (SSSR count). The molecule has 0 aliphatic heterocycles. The van der Waals surface area contributed by atoms with Crippen molar-refractivity contribution in [2.75, 3.05) is 12.8 Å². The van der Waals surface area contributed by atoms with Gasteiger partial charge in [-0.3, -0.25) is 4.21 Å². The predicted octanol–water partition coefficient (Wildman–Crippen LogP) is 0.567. The van der Waals surface area contributed by atoms with Crippen LogP contribution in [0.2, 0.25) is 0 Å². The lowest BCUT2D eigenvalue weighted by atomic mass is 10.4. The Morgan fingerprint density at radius 3 is 2.67 bits per heavy atom. The lowest BCUT2D eigenvalue weighted by Crippen LogP contribution is -2.32. The van der Waals surface area contributed by atoms with Crippen LogP contribution in [0.1, 0.15) is 36.3 Å². The lowest BCUT2D eigenvalue weighted by Gasteiger charge is -2.09. The second-order valence-electron chi connectivity index (χ2n) is 5.17. The summed E-state index contributed by atoms with van der Waals surface area (Å²) in [6.07, 6.45) is 4.57. The van der Waals surface area contributed by atoms with Crippen LogP contribution in [0, 0.1) is 0 Å². The van der Waals surface area contributed by atoms with Crippen LogP contribution in [0.3, 0.4) is 0 Å². The number of aromatic nitrogens is 1. The maximum atomic E-state index is 12.2. The van der Waals surface area contributed by atoms with Crippen LogP contribution in [0.15, 0.2) is 17.2 Å². The molecule has 2 unspecified atom stereocenters. The van der Waals surface area contributed by atoms with Crippen molar-refractivity contribution in [3.05, 3.63) is 18.0 Å². The second kappa shape index (κ2) is 5.90. The van der Waals surface area contributed by atoms with Gasteiger partial charge in [-0.15, -0.1) is 0 Å². The first-order chi connectivity index (χ1) is 9.72. The van der Waals surface area contributed by atoms with E-state index in [0.717, 1.165) is 18.9 Å². The Kier molecular flexibility index (Phi) is 4.54. The minimum Gasteiger partial charge on any atom is -0.477 e. The van der Waals surface area contributed by atoms with E-state index < -0.39 is 26.8 Å². The van der Waals surface area contributed by atoms with E-state index in [1.54, 1.807) is 6.92 Å². The number of carbonyl (C=O) groups is 1. The van der Waals surface area contributed by atoms with Gasteiger partial charge in [0.05, 0.1) is 0 Å². The van der Waals surface area contributed by atoms with Crippen LogP contribution in [0.4, 0.5) is 0 Å². The molecule has 0 radical (unpaired) electrons. The number of hydrogen-bond acceptors (Lipinski definition) is 4. The zero-order chi connectivity index (χ0) is 15.8. The maximum Gasteiger partial charge on any atom is 0.352 e. The van der Waals surface area contributed by atoms with E-state index in [9.17, 15) is 17.4 Å². The molecule has 1 aromatic rings. The summed E-state index contributed by atoms with van der Waals surface area (Å²) in [6.45, 7) is 1.72. The highest BCUT2D eigenvalue weighted by Crippen LogP contribution is 2.37. The largest absolute Gasteiger partial charge is 0.477 e. The molecule has 1 heterocycles. The zero-order valence-electron chi connectivity index (χ0n) is 11.8. The van der Waals surface area contributed by atoms with E-state index in [4.69, 9.17) is 5.11 Å². The summed E-state index contributed by atoms with van der Waals surface area (Å²) in [4.78, 5) is 11.1. The summed E-state index contributed by atoms with van der Waals surface area (Å²) < 4.78 is 39.5. The zero-order valence-corrected chi connectivity index (χ0v) is 13.4. The average molecular weight is 334 g/mol. The van der Waals surface area contributed by atoms with Crippen LogP contribution in [0.25, 0.3) is 0 Å². The minimum absolute atomic E-state index is 0.0232. The molecule has 1 saturated carbocycles. The van der Waals surface area contributed by atoms with Gasteiger partial charge in [0, 0.05) is 41.1 Å². The molecule has 2 atom stereocenters. The molecule has 9 heteroatoms. The van der Waals surface area contributed by atoms with Gasteiger partial charge in [-0.05, 0) is 25.8 Å². The first-order valence-corrected chi connectivity index (χ1v) is 9.60. The van der Waals surface area contributed by atoms with Gasteiger partial charge in [0.2, 0.25) is 10.0 Å². The van der Waals surface area contributed by atoms with E-state index in [1.165, 1.54) is 17.0 Å². The van der Waals surface area contributed by atoms with Crippen molar-refractivity contribution in [3.63, 3.8) is 0 Å². The van der Waals surface area contributed by atoms with Crippen molar-refractivity contribution in [2.45, 2.75) is 36.0 Å². The van der Waals surface area contributed by atoms with Crippen LogP contribution >= 0.6 is 0 Å². The van der Waals surface area contributed by atoms with E-state index in [0.29, 0.717) is 0 Å². The summed E-state index contributed by atoms with van der Waals surface area (Å²) in [7, 11) is -4.93. The fourth-order valence-electron chi connectivity index (χ4n) is 1.85. The van der Waals surface area contributed by atoms with Gasteiger partial charge in [-0.2, -0.15) is 0 Å². The van der Waals surface area contributed by atoms with E-state index in [1.807, 2.05) is 0 Å². The number of carboxylic acid groups (broad SMARTS) is 1. The quantitative estimate of drug-likeness (QED) is 0.758. The highest BCUT2D eigenvalue weighted by atomic mass is 32.2. The third kappa shape index (κ3) is 3.72. The maximum absolute atomic E-state index is 12.2. The first kappa shape index (κ1) is 16.2. The second-order valence-corrected chi connectivity index (χ2v) is 8.73. The summed E-state index contributed by atoms with van der Waals surface area (Å²) >= 11 is 0. The molecule has 0 saturated heterocycles. The summed E-state index contributed by atoms with van der Waals surface area (Å²) in [5, 5.41) is 8.82. The van der Waals surface area contributed by atoms with Gasteiger partial charge in [0.1, 0.15) is 10.6 Å². The Balaban J connectivity index is 2.22. The van der Waals surface area contributed by atoms with Gasteiger partial charge >= 0.3 is 5.97 Å². The van der Waals surface area contributed by atoms with Crippen LogP contribution in [-0.4, -0.2) is 46.3 Å². The lowest BCUT2D eigenvalue weighted by molar-refractivity contribution is 0.0685. The smallest absolute Gasteiger partial charge is 0.352 e. The Labute approximate surface area is 125 Å². The van der Waals surface area contributed by atoms with Crippen molar-refractivity contribution in [1.29, 1.82) is 0 Å². The number of rotatable bonds is 7. The van der Waals surface area contributed by atoms with Crippen molar-refractivity contribution in [3.8, 4) is 0 Å². The topological polar surface area (TPSA) is 105 Å². The number of aromatic carboxylic acids is 1. The third-order valence-electron chi connectivity index (χ3n) is 3.42. The molecule has 0 aromatic carbocycles. The van der Waals surface area contributed by atoms with Crippen LogP contribution < -0.4 is 4.72 Å². The fraction of sp³-hybridized carbons (Fsp3) is 0.583. The van der Waals surface area contributed by atoms with Gasteiger partial charge < -0.3 is 9.67 Å². The molecule has 1 aliphatic rings. The number of sulfonamides is 1. The predicted molar refractivity (Wildman–Crippen MR) is 78.4 cm³/mol. The van der Waals surface area contributed by atoms with Gasteiger partial charge in [0.15, 0.2) is 0 Å². The fourth-order valence-corrected chi connectivity index (χ4v) is 3.43. The van der Waals surface area contributed by atoms with Crippen molar-refractivity contribution in [2.24, 2.45) is 0 Å². The number of nitrogens with one attached hydrogen (secondary N) is 1. The normalized spacial score (nSPS) is 18.4. The summed E-state index contributed by atoms with van der Waals surface area (Å²) in [5.41, 5.74) is -0.0232. The van der Waals surface area contributed by atoms with Crippen molar-refractivity contribution in [1.82, 2.24) is 9.29 Å². The number of carboxylic acids is 1. The highest BCUT2D eigenvalue weighted by Gasteiger charge is 2.30. The third-order valence-corrected chi connectivity index (χ3v) is 6.11. The Bertz CT molecular complexity index is 676. The molecule has 1 aromatic heterocycles. The molecule has 1 aliphatic carbocycles. The molecule has 0 amide bonds. The van der Waals surface area contributed by atoms with Crippen molar-refractivity contribution >= 4 is 26.8 Å². The molecule has 118 valence electrons. The molecule has 0 bridgehead atoms. The summed E-state index contributed by atoms with van der Waals surface area (Å²) in [5.74, 6) is -1.15. The molecular weight excluding hydrogens is 316 g/mol. The van der Waals surface area contributed by atoms with Crippen LogP contribution in [-0.2, 0) is 20.8 Å². The Morgan fingerprint density at radius 2 is 2.19 bits per heavy atom. The molecule has 7 nitrogen and oxygen atoms in total. The number of nitrogens with zero attached hydrogens (tertiary/aromatic N) is 1. The van der Waals surface area contributed by atoms with Gasteiger partial charge in [-0.1, -0.05) is 0 Å². The Morgan fingerprint density at radius 1 is 1.57 bits per heavy atom. The molecule has 1 fully saturated rings. The van der Waals surface area contributed by atoms with Crippen molar-refractivity contribution < 1.29 is 22.5 Å². The van der Waals surface area contributed by atoms with E-state index >= 15 is 0 Å². The average Bonchev–Trinajstić information content (AvgIpc) is 3.13. The van der Waals surface area contributed by atoms with Gasteiger partial charge in [-0.25, -0.2) is 17.9 Å². The molecule has 2 N–H and O–H groups in total. The molecular formula is C12H18N2O5S2.